The van der Waals surface area contributed by atoms with Gasteiger partial charge in [0.15, 0.2) is 11.5 Å². The Morgan fingerprint density at radius 3 is 2.68 bits per heavy atom. The van der Waals surface area contributed by atoms with Gasteiger partial charge in [-0.25, -0.2) is 4.79 Å². The van der Waals surface area contributed by atoms with Gasteiger partial charge in [0.05, 0.1) is 24.7 Å². The van der Waals surface area contributed by atoms with Crippen LogP contribution >= 0.6 is 15.9 Å². The summed E-state index contributed by atoms with van der Waals surface area (Å²) in [5.41, 5.74) is 2.89. The Balaban J connectivity index is 1.86. The van der Waals surface area contributed by atoms with E-state index in [1.165, 1.54) is 4.90 Å². The molecule has 0 bridgehead atoms. The Hall–Kier alpha value is -2.80. The first kappa shape index (κ1) is 19.9. The molecule has 7 heteroatoms. The summed E-state index contributed by atoms with van der Waals surface area (Å²) in [6.45, 7) is 4.58. The van der Waals surface area contributed by atoms with E-state index < -0.39 is 6.03 Å². The highest BCUT2D eigenvalue weighted by atomic mass is 79.9. The summed E-state index contributed by atoms with van der Waals surface area (Å²) >= 11 is 3.46. The fourth-order valence-electron chi connectivity index (χ4n) is 2.98. The van der Waals surface area contributed by atoms with E-state index in [2.05, 4.69) is 21.2 Å². The van der Waals surface area contributed by atoms with Crippen molar-refractivity contribution in [3.63, 3.8) is 0 Å². The lowest BCUT2D eigenvalue weighted by molar-refractivity contribution is -0.123. The van der Waals surface area contributed by atoms with E-state index in [9.17, 15) is 9.59 Å². The molecule has 0 spiro atoms. The van der Waals surface area contributed by atoms with Gasteiger partial charge in [0.25, 0.3) is 5.91 Å². The molecule has 2 aromatic rings. The van der Waals surface area contributed by atoms with E-state index in [1.807, 2.05) is 44.2 Å². The predicted octanol–water partition coefficient (Wildman–Crippen LogP) is 4.26. The predicted molar refractivity (Wildman–Crippen MR) is 110 cm³/mol. The Morgan fingerprint density at radius 2 is 2.00 bits per heavy atom. The third kappa shape index (κ3) is 4.20. The molecule has 0 atom stereocenters. The van der Waals surface area contributed by atoms with Gasteiger partial charge in [0.1, 0.15) is 5.70 Å². The number of hydrogen-bond acceptors (Lipinski definition) is 4. The van der Waals surface area contributed by atoms with Crippen LogP contribution in [0.5, 0.6) is 11.5 Å². The van der Waals surface area contributed by atoms with Crippen molar-refractivity contribution in [3.05, 3.63) is 63.3 Å². The van der Waals surface area contributed by atoms with Crippen LogP contribution in [-0.4, -0.2) is 30.6 Å². The smallest absolute Gasteiger partial charge is 0.329 e. The molecule has 1 heterocycles. The third-order valence-electron chi connectivity index (χ3n) is 4.24. The second-order valence-electron chi connectivity index (χ2n) is 6.34. The minimum absolute atomic E-state index is 0.218. The molecular formula is C21H21BrN2O4. The molecule has 0 aliphatic carbocycles. The summed E-state index contributed by atoms with van der Waals surface area (Å²) in [6.07, 6.45) is 1.62. The second kappa shape index (κ2) is 8.48. The molecule has 1 saturated heterocycles. The molecule has 0 aromatic heterocycles. The van der Waals surface area contributed by atoms with Crippen LogP contribution in [0, 0.1) is 6.92 Å². The van der Waals surface area contributed by atoms with Crippen molar-refractivity contribution in [1.29, 1.82) is 0 Å². The zero-order valence-corrected chi connectivity index (χ0v) is 17.5. The topological polar surface area (TPSA) is 67.9 Å². The van der Waals surface area contributed by atoms with Gasteiger partial charge in [-0.2, -0.15) is 0 Å². The van der Waals surface area contributed by atoms with Crippen molar-refractivity contribution in [2.75, 3.05) is 13.7 Å². The average molecular weight is 445 g/mol. The van der Waals surface area contributed by atoms with Gasteiger partial charge < -0.3 is 14.8 Å². The molecule has 0 unspecified atom stereocenters. The lowest BCUT2D eigenvalue weighted by atomic mass is 10.1. The van der Waals surface area contributed by atoms with Gasteiger partial charge in [-0.15, -0.1) is 0 Å². The quantitative estimate of drug-likeness (QED) is 0.533. The van der Waals surface area contributed by atoms with Gasteiger partial charge in [-0.05, 0) is 59.1 Å². The van der Waals surface area contributed by atoms with Gasteiger partial charge in [-0.3, -0.25) is 9.69 Å². The van der Waals surface area contributed by atoms with Gasteiger partial charge in [0.2, 0.25) is 0 Å². The number of carbonyl (C=O) groups excluding carboxylic acids is 2. The molecule has 6 nitrogen and oxygen atoms in total. The molecule has 1 aliphatic rings. The normalized spacial score (nSPS) is 15.1. The highest BCUT2D eigenvalue weighted by molar-refractivity contribution is 9.10. The monoisotopic (exact) mass is 444 g/mol. The van der Waals surface area contributed by atoms with Gasteiger partial charge in [-0.1, -0.05) is 29.8 Å². The first-order valence-electron chi connectivity index (χ1n) is 8.83. The molecule has 1 N–H and O–H groups in total. The minimum Gasteiger partial charge on any atom is -0.493 e. The van der Waals surface area contributed by atoms with E-state index in [0.29, 0.717) is 28.1 Å². The van der Waals surface area contributed by atoms with Crippen LogP contribution < -0.4 is 14.8 Å². The van der Waals surface area contributed by atoms with Crippen LogP contribution in [0.15, 0.2) is 46.6 Å². The molecule has 2 aromatic carbocycles. The number of halogens is 1. The maximum absolute atomic E-state index is 12.7. The van der Waals surface area contributed by atoms with Crippen LogP contribution in [0.1, 0.15) is 23.6 Å². The number of ether oxygens (including phenoxy) is 2. The molecule has 1 aliphatic heterocycles. The number of rotatable bonds is 6. The minimum atomic E-state index is -0.435. The summed E-state index contributed by atoms with van der Waals surface area (Å²) < 4.78 is 11.7. The number of nitrogens with one attached hydrogen (secondary N) is 1. The summed E-state index contributed by atoms with van der Waals surface area (Å²) in [5.74, 6) is 0.766. The van der Waals surface area contributed by atoms with Crippen molar-refractivity contribution in [2.45, 2.75) is 20.4 Å². The zero-order chi connectivity index (χ0) is 20.3. The van der Waals surface area contributed by atoms with Crippen LogP contribution in [0.25, 0.3) is 6.08 Å². The summed E-state index contributed by atoms with van der Waals surface area (Å²) in [5, 5.41) is 2.64. The van der Waals surface area contributed by atoms with E-state index in [1.54, 1.807) is 19.3 Å². The maximum atomic E-state index is 12.7. The number of imide groups is 1. The summed E-state index contributed by atoms with van der Waals surface area (Å²) in [4.78, 5) is 26.2. The lowest BCUT2D eigenvalue weighted by Crippen LogP contribution is -2.30. The largest absolute Gasteiger partial charge is 0.493 e. The second-order valence-corrected chi connectivity index (χ2v) is 7.19. The lowest BCUT2D eigenvalue weighted by Gasteiger charge is -2.13. The third-order valence-corrected chi connectivity index (χ3v) is 4.83. The molecule has 0 radical (unpaired) electrons. The van der Waals surface area contributed by atoms with E-state index in [-0.39, 0.29) is 18.1 Å². The first-order valence-corrected chi connectivity index (χ1v) is 9.62. The summed E-state index contributed by atoms with van der Waals surface area (Å²) in [7, 11) is 1.55. The molecule has 146 valence electrons. The van der Waals surface area contributed by atoms with Crippen molar-refractivity contribution in [2.24, 2.45) is 0 Å². The standard InChI is InChI=1S/C21H21BrN2O4/c1-4-28-19-16(22)9-15(11-18(19)27-3)10-17-20(25)24(21(26)23-17)12-14-7-5-6-13(2)8-14/h5-11H,4,12H2,1-3H3,(H,23,26)/b17-10+. The number of methoxy groups -OCH3 is 1. The Morgan fingerprint density at radius 1 is 1.21 bits per heavy atom. The summed E-state index contributed by atoms with van der Waals surface area (Å²) in [6, 6.07) is 10.9. The SMILES string of the molecule is CCOc1c(Br)cc(/C=C2/NC(=O)N(Cc3cccc(C)c3)C2=O)cc1OC. The van der Waals surface area contributed by atoms with Gasteiger partial charge >= 0.3 is 6.03 Å². The fraction of sp³-hybridized carbons (Fsp3) is 0.238. The van der Waals surface area contributed by atoms with E-state index in [4.69, 9.17) is 9.47 Å². The highest BCUT2D eigenvalue weighted by Gasteiger charge is 2.33. The Labute approximate surface area is 172 Å². The molecule has 3 rings (SSSR count). The van der Waals surface area contributed by atoms with Crippen LogP contribution in [0.4, 0.5) is 4.79 Å². The Bertz CT molecular complexity index is 955. The van der Waals surface area contributed by atoms with Crippen molar-refractivity contribution < 1.29 is 19.1 Å². The molecule has 1 fully saturated rings. The highest BCUT2D eigenvalue weighted by Crippen LogP contribution is 2.37. The average Bonchev–Trinajstić information content (AvgIpc) is 2.91. The number of hydrogen-bond donors (Lipinski definition) is 1. The fourth-order valence-corrected chi connectivity index (χ4v) is 3.56. The number of amides is 3. The van der Waals surface area contributed by atoms with Crippen LogP contribution in [0.2, 0.25) is 0 Å². The molecule has 28 heavy (non-hydrogen) atoms. The zero-order valence-electron chi connectivity index (χ0n) is 15.9. The van der Waals surface area contributed by atoms with Crippen LogP contribution in [0.3, 0.4) is 0 Å². The van der Waals surface area contributed by atoms with Crippen molar-refractivity contribution in [1.82, 2.24) is 10.2 Å². The Kier molecular flexibility index (Phi) is 6.04. The number of aryl methyl sites for hydroxylation is 1. The van der Waals surface area contributed by atoms with E-state index >= 15 is 0 Å². The van der Waals surface area contributed by atoms with Gasteiger partial charge in [0, 0.05) is 0 Å². The number of benzene rings is 2. The maximum Gasteiger partial charge on any atom is 0.329 e. The first-order chi connectivity index (χ1) is 13.4. The van der Waals surface area contributed by atoms with E-state index in [0.717, 1.165) is 11.1 Å². The number of urea groups is 1. The van der Waals surface area contributed by atoms with Crippen molar-refractivity contribution >= 4 is 33.9 Å². The molecular weight excluding hydrogens is 424 g/mol. The molecule has 0 saturated carbocycles. The van der Waals surface area contributed by atoms with Crippen molar-refractivity contribution in [3.8, 4) is 11.5 Å². The molecule has 3 amide bonds. The number of carbonyl (C=O) groups is 2. The van der Waals surface area contributed by atoms with Crippen LogP contribution in [-0.2, 0) is 11.3 Å². The number of nitrogens with zero attached hydrogens (tertiary/aromatic N) is 1.